The standard InChI is InChI=1S/C13H14FIN2S/c14-9-3-5-11(12(15)8-9)13(17-16)6-4-10-2-1-7-18-10/h1-3,5,7-8,13,17H,4,6,16H2. The van der Waals surface area contributed by atoms with Gasteiger partial charge in [-0.1, -0.05) is 12.1 Å². The molecular weight excluding hydrogens is 362 g/mol. The van der Waals surface area contributed by atoms with E-state index in [0.717, 1.165) is 22.0 Å². The number of thiophene rings is 1. The molecule has 0 aliphatic rings. The summed E-state index contributed by atoms with van der Waals surface area (Å²) in [5.41, 5.74) is 3.87. The summed E-state index contributed by atoms with van der Waals surface area (Å²) in [7, 11) is 0. The van der Waals surface area contributed by atoms with Crippen LogP contribution in [-0.2, 0) is 6.42 Å². The lowest BCUT2D eigenvalue weighted by molar-refractivity contribution is 0.514. The van der Waals surface area contributed by atoms with Crippen molar-refractivity contribution in [3.63, 3.8) is 0 Å². The van der Waals surface area contributed by atoms with Crippen LogP contribution in [0, 0.1) is 9.39 Å². The van der Waals surface area contributed by atoms with E-state index in [0.29, 0.717) is 0 Å². The van der Waals surface area contributed by atoms with Gasteiger partial charge in [0, 0.05) is 14.5 Å². The van der Waals surface area contributed by atoms with E-state index in [-0.39, 0.29) is 11.9 Å². The Morgan fingerprint density at radius 3 is 2.83 bits per heavy atom. The van der Waals surface area contributed by atoms with E-state index in [1.54, 1.807) is 17.4 Å². The summed E-state index contributed by atoms with van der Waals surface area (Å²) in [6.07, 6.45) is 1.87. The Bertz CT molecular complexity index is 502. The molecule has 3 N–H and O–H groups in total. The third-order valence-corrected chi connectivity index (χ3v) is 4.67. The Morgan fingerprint density at radius 2 is 2.22 bits per heavy atom. The predicted octanol–water partition coefficient (Wildman–Crippen LogP) is 3.63. The number of aryl methyl sites for hydroxylation is 1. The molecule has 0 amide bonds. The van der Waals surface area contributed by atoms with Gasteiger partial charge < -0.3 is 0 Å². The number of benzene rings is 1. The zero-order valence-corrected chi connectivity index (χ0v) is 12.7. The first kappa shape index (κ1) is 13.9. The lowest BCUT2D eigenvalue weighted by Crippen LogP contribution is -2.29. The summed E-state index contributed by atoms with van der Waals surface area (Å²) in [4.78, 5) is 1.34. The lowest BCUT2D eigenvalue weighted by atomic mass is 10.0. The number of halogens is 2. The fraction of sp³-hybridized carbons (Fsp3) is 0.231. The van der Waals surface area contributed by atoms with Gasteiger partial charge in [-0.15, -0.1) is 11.3 Å². The van der Waals surface area contributed by atoms with Crippen molar-refractivity contribution in [1.29, 1.82) is 0 Å². The smallest absolute Gasteiger partial charge is 0.124 e. The first-order valence-corrected chi connectivity index (χ1v) is 7.60. The largest absolute Gasteiger partial charge is 0.271 e. The molecule has 0 saturated carbocycles. The van der Waals surface area contributed by atoms with Crippen molar-refractivity contribution >= 4 is 33.9 Å². The molecule has 96 valence electrons. The average molecular weight is 376 g/mol. The molecule has 0 saturated heterocycles. The maximum Gasteiger partial charge on any atom is 0.124 e. The Balaban J connectivity index is 2.08. The van der Waals surface area contributed by atoms with Crippen molar-refractivity contribution in [2.45, 2.75) is 18.9 Å². The summed E-state index contributed by atoms with van der Waals surface area (Å²) in [5, 5.41) is 2.07. The minimum absolute atomic E-state index is 0.0552. The minimum atomic E-state index is -0.211. The minimum Gasteiger partial charge on any atom is -0.271 e. The second-order valence-electron chi connectivity index (χ2n) is 4.00. The van der Waals surface area contributed by atoms with Crippen molar-refractivity contribution in [3.8, 4) is 0 Å². The fourth-order valence-electron chi connectivity index (χ4n) is 1.85. The van der Waals surface area contributed by atoms with Crippen LogP contribution >= 0.6 is 33.9 Å². The van der Waals surface area contributed by atoms with Crippen molar-refractivity contribution in [2.75, 3.05) is 0 Å². The van der Waals surface area contributed by atoms with Crippen LogP contribution in [0.5, 0.6) is 0 Å². The van der Waals surface area contributed by atoms with Gasteiger partial charge >= 0.3 is 0 Å². The van der Waals surface area contributed by atoms with E-state index < -0.39 is 0 Å². The fourth-order valence-corrected chi connectivity index (χ4v) is 3.43. The molecule has 1 unspecified atom stereocenters. The third kappa shape index (κ3) is 3.50. The second-order valence-corrected chi connectivity index (χ2v) is 6.20. The molecular formula is C13H14FIN2S. The molecule has 1 atom stereocenters. The molecule has 0 fully saturated rings. The number of hydrazine groups is 1. The SMILES string of the molecule is NNC(CCc1cccs1)c1ccc(F)cc1I. The number of rotatable bonds is 5. The predicted molar refractivity (Wildman–Crippen MR) is 81.8 cm³/mol. The van der Waals surface area contributed by atoms with Gasteiger partial charge in [-0.05, 0) is 64.6 Å². The molecule has 5 heteroatoms. The molecule has 18 heavy (non-hydrogen) atoms. The van der Waals surface area contributed by atoms with E-state index in [9.17, 15) is 4.39 Å². The zero-order valence-electron chi connectivity index (χ0n) is 9.70. The third-order valence-electron chi connectivity index (χ3n) is 2.80. The number of hydrogen-bond donors (Lipinski definition) is 2. The van der Waals surface area contributed by atoms with Gasteiger partial charge in [-0.3, -0.25) is 11.3 Å². The molecule has 2 nitrogen and oxygen atoms in total. The van der Waals surface area contributed by atoms with Crippen molar-refractivity contribution < 1.29 is 4.39 Å². The van der Waals surface area contributed by atoms with Crippen LogP contribution in [0.2, 0.25) is 0 Å². The summed E-state index contributed by atoms with van der Waals surface area (Å²) >= 11 is 3.89. The van der Waals surface area contributed by atoms with Crippen LogP contribution in [0.25, 0.3) is 0 Å². The summed E-state index contributed by atoms with van der Waals surface area (Å²) in [6, 6.07) is 9.04. The molecule has 0 radical (unpaired) electrons. The van der Waals surface area contributed by atoms with E-state index in [1.165, 1.54) is 17.0 Å². The summed E-state index contributed by atoms with van der Waals surface area (Å²) < 4.78 is 14.0. The summed E-state index contributed by atoms with van der Waals surface area (Å²) in [5.74, 6) is 5.40. The van der Waals surface area contributed by atoms with Gasteiger partial charge in [-0.25, -0.2) is 4.39 Å². The second kappa shape index (κ2) is 6.60. The molecule has 0 spiro atoms. The number of hydrogen-bond acceptors (Lipinski definition) is 3. The molecule has 1 aromatic carbocycles. The number of nitrogens with one attached hydrogen (secondary N) is 1. The van der Waals surface area contributed by atoms with Gasteiger partial charge in [0.15, 0.2) is 0 Å². The van der Waals surface area contributed by atoms with E-state index in [4.69, 9.17) is 5.84 Å². The Labute approximate surface area is 124 Å². The lowest BCUT2D eigenvalue weighted by Gasteiger charge is -2.17. The molecule has 0 aliphatic heterocycles. The first-order valence-electron chi connectivity index (χ1n) is 5.64. The first-order chi connectivity index (χ1) is 8.70. The molecule has 2 aromatic rings. The van der Waals surface area contributed by atoms with Gasteiger partial charge in [0.25, 0.3) is 0 Å². The Hall–Kier alpha value is -0.500. The van der Waals surface area contributed by atoms with Crippen LogP contribution in [0.3, 0.4) is 0 Å². The molecule has 0 aliphatic carbocycles. The highest BCUT2D eigenvalue weighted by atomic mass is 127. The van der Waals surface area contributed by atoms with Crippen LogP contribution < -0.4 is 11.3 Å². The zero-order chi connectivity index (χ0) is 13.0. The van der Waals surface area contributed by atoms with E-state index in [2.05, 4.69) is 39.5 Å². The normalized spacial score (nSPS) is 12.6. The topological polar surface area (TPSA) is 38.0 Å². The number of nitrogens with two attached hydrogens (primary N) is 1. The van der Waals surface area contributed by atoms with Crippen molar-refractivity contribution in [2.24, 2.45) is 5.84 Å². The monoisotopic (exact) mass is 376 g/mol. The average Bonchev–Trinajstić information content (AvgIpc) is 2.85. The van der Waals surface area contributed by atoms with Crippen LogP contribution in [-0.4, -0.2) is 0 Å². The maximum absolute atomic E-state index is 13.1. The highest BCUT2D eigenvalue weighted by Crippen LogP contribution is 2.25. The van der Waals surface area contributed by atoms with Crippen molar-refractivity contribution in [1.82, 2.24) is 5.43 Å². The quantitative estimate of drug-likeness (QED) is 0.475. The van der Waals surface area contributed by atoms with Crippen LogP contribution in [0.4, 0.5) is 4.39 Å². The van der Waals surface area contributed by atoms with E-state index in [1.807, 2.05) is 6.07 Å². The highest BCUT2D eigenvalue weighted by Gasteiger charge is 2.13. The van der Waals surface area contributed by atoms with E-state index >= 15 is 0 Å². The molecule has 2 rings (SSSR count). The molecule has 0 bridgehead atoms. The van der Waals surface area contributed by atoms with Crippen LogP contribution in [0.1, 0.15) is 22.9 Å². The molecule has 1 aromatic heterocycles. The van der Waals surface area contributed by atoms with Gasteiger partial charge in [-0.2, -0.15) is 0 Å². The maximum atomic E-state index is 13.1. The van der Waals surface area contributed by atoms with Crippen molar-refractivity contribution in [3.05, 3.63) is 55.5 Å². The van der Waals surface area contributed by atoms with Crippen LogP contribution in [0.15, 0.2) is 35.7 Å². The van der Waals surface area contributed by atoms with Gasteiger partial charge in [0.1, 0.15) is 5.82 Å². The summed E-state index contributed by atoms with van der Waals surface area (Å²) in [6.45, 7) is 0. The molecule has 1 heterocycles. The Kier molecular flexibility index (Phi) is 5.11. The Morgan fingerprint density at radius 1 is 1.39 bits per heavy atom. The van der Waals surface area contributed by atoms with Gasteiger partial charge in [0.2, 0.25) is 0 Å². The van der Waals surface area contributed by atoms with Gasteiger partial charge in [0.05, 0.1) is 0 Å². The highest BCUT2D eigenvalue weighted by molar-refractivity contribution is 14.1.